The predicted octanol–water partition coefficient (Wildman–Crippen LogP) is 4.59. The van der Waals surface area contributed by atoms with Crippen molar-refractivity contribution in [2.45, 2.75) is 51.0 Å². The molecule has 0 bridgehead atoms. The summed E-state index contributed by atoms with van der Waals surface area (Å²) in [5, 5.41) is 0.572. The van der Waals surface area contributed by atoms with Crippen LogP contribution in [0.25, 0.3) is 0 Å². The third-order valence-corrected chi connectivity index (χ3v) is 4.69. The second-order valence-electron chi connectivity index (χ2n) is 5.98. The fraction of sp³-hybridized carbons (Fsp3) is 0.588. The minimum absolute atomic E-state index is 0.164. The number of rotatable bonds is 5. The van der Waals surface area contributed by atoms with Gasteiger partial charge in [-0.05, 0) is 18.8 Å². The van der Waals surface area contributed by atoms with Crippen molar-refractivity contribution in [1.82, 2.24) is 0 Å². The highest BCUT2D eigenvalue weighted by atomic mass is 35.5. The molecule has 1 aromatic rings. The van der Waals surface area contributed by atoms with Crippen molar-refractivity contribution < 1.29 is 14.3 Å². The van der Waals surface area contributed by atoms with Gasteiger partial charge in [-0.15, -0.1) is 0 Å². The van der Waals surface area contributed by atoms with E-state index in [2.05, 4.69) is 18.8 Å². The molecule has 0 N–H and O–H groups in total. The number of nitrogens with zero attached hydrogens (tertiary/aromatic N) is 1. The second-order valence-corrected chi connectivity index (χ2v) is 6.39. The van der Waals surface area contributed by atoms with Crippen molar-refractivity contribution in [2.24, 2.45) is 4.99 Å². The molecule has 1 aliphatic carbocycles. The lowest BCUT2D eigenvalue weighted by Crippen LogP contribution is -2.23. The van der Waals surface area contributed by atoms with Crippen LogP contribution in [0.4, 0.5) is 0 Å². The van der Waals surface area contributed by atoms with Crippen LogP contribution in [-0.4, -0.2) is 20.3 Å². The largest absolute Gasteiger partial charge is 0.493 e. The molecule has 0 spiro atoms. The van der Waals surface area contributed by atoms with Crippen LogP contribution in [-0.2, 0) is 10.3 Å². The highest BCUT2D eigenvalue weighted by Crippen LogP contribution is 2.52. The normalized spacial score (nSPS) is 16.5. The first-order valence-corrected chi connectivity index (χ1v) is 7.92. The van der Waals surface area contributed by atoms with E-state index in [0.29, 0.717) is 16.5 Å². The Morgan fingerprint density at radius 2 is 1.91 bits per heavy atom. The number of benzene rings is 1. The van der Waals surface area contributed by atoms with Crippen molar-refractivity contribution in [1.29, 1.82) is 0 Å². The molecule has 5 heteroatoms. The molecule has 0 radical (unpaired) electrons. The number of ether oxygens (including phenoxy) is 2. The molecule has 120 valence electrons. The summed E-state index contributed by atoms with van der Waals surface area (Å²) >= 11 is 6.57. The van der Waals surface area contributed by atoms with Crippen LogP contribution >= 0.6 is 11.6 Å². The first-order valence-electron chi connectivity index (χ1n) is 7.54. The van der Waals surface area contributed by atoms with Gasteiger partial charge in [-0.2, -0.15) is 4.99 Å². The minimum Gasteiger partial charge on any atom is -0.493 e. The van der Waals surface area contributed by atoms with Crippen LogP contribution in [0.5, 0.6) is 11.5 Å². The van der Waals surface area contributed by atoms with Crippen molar-refractivity contribution in [2.75, 3.05) is 14.2 Å². The molecule has 22 heavy (non-hydrogen) atoms. The molecular formula is C17H22ClNO3. The highest BCUT2D eigenvalue weighted by molar-refractivity contribution is 6.32. The van der Waals surface area contributed by atoms with Crippen molar-refractivity contribution >= 4 is 17.7 Å². The summed E-state index contributed by atoms with van der Waals surface area (Å²) < 4.78 is 11.0. The first kappa shape index (κ1) is 16.9. The molecule has 0 aromatic heterocycles. The van der Waals surface area contributed by atoms with Gasteiger partial charge in [-0.25, -0.2) is 4.79 Å². The number of methoxy groups -OCH3 is 2. The zero-order chi connectivity index (χ0) is 16.3. The summed E-state index contributed by atoms with van der Waals surface area (Å²) in [7, 11) is 3.21. The first-order chi connectivity index (χ1) is 10.5. The van der Waals surface area contributed by atoms with Gasteiger partial charge in [0.2, 0.25) is 6.08 Å². The molecule has 0 amide bonds. The van der Waals surface area contributed by atoms with E-state index in [9.17, 15) is 4.79 Å². The smallest absolute Gasteiger partial charge is 0.235 e. The number of hydrogen-bond acceptors (Lipinski definition) is 4. The molecule has 1 aromatic carbocycles. The summed E-state index contributed by atoms with van der Waals surface area (Å²) in [4.78, 5) is 15.2. The lowest BCUT2D eigenvalue weighted by atomic mass is 9.81. The number of carbonyl (C=O) groups excluding carboxylic acids is 1. The average molecular weight is 324 g/mol. The monoisotopic (exact) mass is 323 g/mol. The summed E-state index contributed by atoms with van der Waals surface area (Å²) in [6.07, 6.45) is 5.40. The molecule has 1 aliphatic rings. The van der Waals surface area contributed by atoms with Crippen LogP contribution in [0.1, 0.15) is 56.6 Å². The molecule has 0 aliphatic heterocycles. The van der Waals surface area contributed by atoms with E-state index in [-0.39, 0.29) is 5.92 Å². The molecule has 1 fully saturated rings. The van der Waals surface area contributed by atoms with Crippen molar-refractivity contribution in [3.8, 4) is 11.5 Å². The Kier molecular flexibility index (Phi) is 5.15. The Labute approximate surface area is 136 Å². The zero-order valence-corrected chi connectivity index (χ0v) is 14.3. The lowest BCUT2D eigenvalue weighted by molar-refractivity contribution is 0.346. The van der Waals surface area contributed by atoms with E-state index in [4.69, 9.17) is 21.1 Å². The maximum Gasteiger partial charge on any atom is 0.235 e. The summed E-state index contributed by atoms with van der Waals surface area (Å²) in [6.45, 7) is 4.15. The Morgan fingerprint density at radius 1 is 1.27 bits per heavy atom. The van der Waals surface area contributed by atoms with E-state index in [1.54, 1.807) is 26.4 Å². The van der Waals surface area contributed by atoms with Gasteiger partial charge in [0.1, 0.15) is 5.54 Å². The molecule has 0 saturated heterocycles. The maximum atomic E-state index is 11.0. The highest BCUT2D eigenvalue weighted by Gasteiger charge is 2.41. The lowest BCUT2D eigenvalue weighted by Gasteiger charge is -2.30. The minimum atomic E-state index is -0.585. The maximum absolute atomic E-state index is 11.0. The average Bonchev–Trinajstić information content (AvgIpc) is 2.95. The Hall–Kier alpha value is -1.51. The van der Waals surface area contributed by atoms with Crippen LogP contribution in [0.15, 0.2) is 11.1 Å². The van der Waals surface area contributed by atoms with Gasteiger partial charge in [-0.1, -0.05) is 38.3 Å². The third-order valence-electron chi connectivity index (χ3n) is 4.39. The van der Waals surface area contributed by atoms with Crippen LogP contribution in [0.2, 0.25) is 5.02 Å². The van der Waals surface area contributed by atoms with Gasteiger partial charge < -0.3 is 9.47 Å². The van der Waals surface area contributed by atoms with E-state index < -0.39 is 5.54 Å². The van der Waals surface area contributed by atoms with Gasteiger partial charge in [0.05, 0.1) is 19.2 Å². The molecule has 0 atom stereocenters. The van der Waals surface area contributed by atoms with E-state index in [0.717, 1.165) is 36.8 Å². The third kappa shape index (κ3) is 2.73. The zero-order valence-electron chi connectivity index (χ0n) is 13.5. The molecular weight excluding hydrogens is 302 g/mol. The molecule has 1 saturated carbocycles. The Bertz CT molecular complexity index is 600. The van der Waals surface area contributed by atoms with Crippen LogP contribution in [0.3, 0.4) is 0 Å². The standard InChI is InChI=1S/C17H22ClNO3/c1-11(2)14-15(17(19-10-20)7-5-6-8-17)12(18)9-13(21-3)16(14)22-4/h9,11H,5-8H2,1-4H3. The quantitative estimate of drug-likeness (QED) is 0.588. The van der Waals surface area contributed by atoms with E-state index >= 15 is 0 Å². The summed E-state index contributed by atoms with van der Waals surface area (Å²) in [6, 6.07) is 1.75. The van der Waals surface area contributed by atoms with Crippen molar-refractivity contribution in [3.05, 3.63) is 22.2 Å². The summed E-state index contributed by atoms with van der Waals surface area (Å²) in [5.41, 5.74) is 1.27. The van der Waals surface area contributed by atoms with Gasteiger partial charge in [0.25, 0.3) is 0 Å². The fourth-order valence-corrected chi connectivity index (χ4v) is 3.86. The van der Waals surface area contributed by atoms with Gasteiger partial charge in [0, 0.05) is 17.2 Å². The Morgan fingerprint density at radius 3 is 2.36 bits per heavy atom. The number of aliphatic imine (C=N–C) groups is 1. The van der Waals surface area contributed by atoms with Gasteiger partial charge >= 0.3 is 0 Å². The number of isocyanates is 1. The van der Waals surface area contributed by atoms with Gasteiger partial charge in [0.15, 0.2) is 11.5 Å². The van der Waals surface area contributed by atoms with Crippen LogP contribution in [0, 0.1) is 0 Å². The van der Waals surface area contributed by atoms with Crippen LogP contribution < -0.4 is 9.47 Å². The second kappa shape index (κ2) is 6.72. The van der Waals surface area contributed by atoms with Crippen molar-refractivity contribution in [3.63, 3.8) is 0 Å². The van der Waals surface area contributed by atoms with Gasteiger partial charge in [-0.3, -0.25) is 0 Å². The molecule has 0 unspecified atom stereocenters. The summed E-state index contributed by atoms with van der Waals surface area (Å²) in [5.74, 6) is 1.43. The SMILES string of the molecule is COc1cc(Cl)c(C2(N=C=O)CCCC2)c(C(C)C)c1OC. The fourth-order valence-electron chi connectivity index (χ4n) is 3.48. The molecule has 4 nitrogen and oxygen atoms in total. The number of hydrogen-bond donors (Lipinski definition) is 0. The number of halogens is 1. The molecule has 0 heterocycles. The Balaban J connectivity index is 2.82. The topological polar surface area (TPSA) is 47.9 Å². The predicted molar refractivity (Wildman–Crippen MR) is 86.9 cm³/mol. The molecule has 2 rings (SSSR count). The van der Waals surface area contributed by atoms with E-state index in [1.807, 2.05) is 0 Å². The van der Waals surface area contributed by atoms with E-state index in [1.165, 1.54) is 0 Å².